The average Bonchev–Trinajstić information content (AvgIpc) is 2.31. The number of rotatable bonds is 5. The van der Waals surface area contributed by atoms with E-state index in [9.17, 15) is 18.0 Å². The SMILES string of the molecule is CCNC(=O)CS(=O)(=O)c1cc(C(=O)O)cc(Br)c1C. The molecular weight excluding hydrogens is 350 g/mol. The number of hydrogen-bond acceptors (Lipinski definition) is 4. The number of carboxylic acids is 1. The van der Waals surface area contributed by atoms with Crippen molar-refractivity contribution in [2.75, 3.05) is 12.3 Å². The highest BCUT2D eigenvalue weighted by Gasteiger charge is 2.24. The molecule has 0 bridgehead atoms. The lowest BCUT2D eigenvalue weighted by Gasteiger charge is -2.10. The smallest absolute Gasteiger partial charge is 0.335 e. The summed E-state index contributed by atoms with van der Waals surface area (Å²) < 4.78 is 24.7. The zero-order valence-electron chi connectivity index (χ0n) is 10.9. The van der Waals surface area contributed by atoms with Gasteiger partial charge in [-0.1, -0.05) is 15.9 Å². The second-order valence-electron chi connectivity index (χ2n) is 4.10. The first-order valence-corrected chi connectivity index (χ1v) is 8.16. The molecule has 0 heterocycles. The van der Waals surface area contributed by atoms with Crippen LogP contribution in [0, 0.1) is 6.92 Å². The van der Waals surface area contributed by atoms with E-state index in [-0.39, 0.29) is 10.5 Å². The quantitative estimate of drug-likeness (QED) is 0.822. The number of carbonyl (C=O) groups is 2. The Morgan fingerprint density at radius 3 is 2.45 bits per heavy atom. The van der Waals surface area contributed by atoms with Crippen LogP contribution in [0.5, 0.6) is 0 Å². The van der Waals surface area contributed by atoms with Crippen molar-refractivity contribution in [3.63, 3.8) is 0 Å². The molecule has 1 aromatic carbocycles. The van der Waals surface area contributed by atoms with Gasteiger partial charge in [0.05, 0.1) is 10.5 Å². The summed E-state index contributed by atoms with van der Waals surface area (Å²) in [6.45, 7) is 3.55. The van der Waals surface area contributed by atoms with Gasteiger partial charge in [-0.05, 0) is 31.5 Å². The summed E-state index contributed by atoms with van der Waals surface area (Å²) in [5.41, 5.74) is 0.219. The molecule has 6 nitrogen and oxygen atoms in total. The second kappa shape index (κ2) is 6.36. The molecule has 1 aromatic rings. The van der Waals surface area contributed by atoms with Crippen molar-refractivity contribution in [3.05, 3.63) is 27.7 Å². The largest absolute Gasteiger partial charge is 0.478 e. The summed E-state index contributed by atoms with van der Waals surface area (Å²) >= 11 is 3.13. The maximum absolute atomic E-state index is 12.2. The number of benzene rings is 1. The molecule has 0 aliphatic carbocycles. The maximum atomic E-state index is 12.2. The fourth-order valence-electron chi connectivity index (χ4n) is 1.60. The average molecular weight is 364 g/mol. The normalized spacial score (nSPS) is 11.2. The van der Waals surface area contributed by atoms with Gasteiger partial charge in [-0.2, -0.15) is 0 Å². The van der Waals surface area contributed by atoms with Crippen molar-refractivity contribution in [1.82, 2.24) is 5.32 Å². The van der Waals surface area contributed by atoms with Crippen molar-refractivity contribution in [2.45, 2.75) is 18.7 Å². The number of carbonyl (C=O) groups excluding carboxylic acids is 1. The molecule has 0 fully saturated rings. The van der Waals surface area contributed by atoms with Crippen LogP contribution < -0.4 is 5.32 Å². The van der Waals surface area contributed by atoms with E-state index in [1.807, 2.05) is 0 Å². The number of sulfone groups is 1. The van der Waals surface area contributed by atoms with Gasteiger partial charge in [0.15, 0.2) is 9.84 Å². The van der Waals surface area contributed by atoms with Gasteiger partial charge in [-0.15, -0.1) is 0 Å². The van der Waals surface area contributed by atoms with Crippen LogP contribution in [0.25, 0.3) is 0 Å². The number of carboxylic acid groups (broad SMARTS) is 1. The minimum atomic E-state index is -3.90. The predicted molar refractivity (Wildman–Crippen MR) is 76.6 cm³/mol. The zero-order valence-corrected chi connectivity index (χ0v) is 13.3. The van der Waals surface area contributed by atoms with Crippen LogP contribution in [-0.2, 0) is 14.6 Å². The summed E-state index contributed by atoms with van der Waals surface area (Å²) in [4.78, 5) is 22.2. The third kappa shape index (κ3) is 3.80. The van der Waals surface area contributed by atoms with Gasteiger partial charge in [0, 0.05) is 11.0 Å². The zero-order chi connectivity index (χ0) is 15.5. The Labute approximate surface area is 125 Å². The van der Waals surface area contributed by atoms with E-state index in [4.69, 9.17) is 5.11 Å². The minimum absolute atomic E-state index is 0.156. The lowest BCUT2D eigenvalue weighted by Crippen LogP contribution is -2.30. The van der Waals surface area contributed by atoms with Crippen molar-refractivity contribution in [1.29, 1.82) is 0 Å². The van der Waals surface area contributed by atoms with Gasteiger partial charge < -0.3 is 10.4 Å². The number of halogens is 1. The molecule has 0 saturated carbocycles. The van der Waals surface area contributed by atoms with Crippen LogP contribution in [-0.4, -0.2) is 37.7 Å². The fourth-order valence-corrected chi connectivity index (χ4v) is 3.68. The lowest BCUT2D eigenvalue weighted by atomic mass is 10.1. The number of hydrogen-bond donors (Lipinski definition) is 2. The molecule has 0 aliphatic heterocycles. The molecule has 0 aliphatic rings. The Bertz CT molecular complexity index is 654. The highest BCUT2D eigenvalue weighted by Crippen LogP contribution is 2.26. The van der Waals surface area contributed by atoms with Gasteiger partial charge >= 0.3 is 5.97 Å². The van der Waals surface area contributed by atoms with Crippen molar-refractivity contribution < 1.29 is 23.1 Å². The second-order valence-corrected chi connectivity index (χ2v) is 6.91. The number of nitrogens with one attached hydrogen (secondary N) is 1. The maximum Gasteiger partial charge on any atom is 0.335 e. The third-order valence-corrected chi connectivity index (χ3v) is 5.13. The van der Waals surface area contributed by atoms with Gasteiger partial charge in [0.1, 0.15) is 5.75 Å². The van der Waals surface area contributed by atoms with Gasteiger partial charge in [-0.25, -0.2) is 13.2 Å². The van der Waals surface area contributed by atoms with E-state index in [2.05, 4.69) is 21.2 Å². The predicted octanol–water partition coefficient (Wildman–Crippen LogP) is 1.37. The van der Waals surface area contributed by atoms with Crippen LogP contribution in [0.15, 0.2) is 21.5 Å². The van der Waals surface area contributed by atoms with Crippen molar-refractivity contribution in [2.24, 2.45) is 0 Å². The Balaban J connectivity index is 3.30. The standard InChI is InChI=1S/C12H14BrNO5S/c1-3-14-11(15)6-20(18,19)10-5-8(12(16)17)4-9(13)7(10)2/h4-5H,3,6H2,1-2H3,(H,14,15)(H,16,17). The van der Waals surface area contributed by atoms with Gasteiger partial charge in [-0.3, -0.25) is 4.79 Å². The molecule has 110 valence electrons. The molecule has 2 N–H and O–H groups in total. The fraction of sp³-hybridized carbons (Fsp3) is 0.333. The van der Waals surface area contributed by atoms with Crippen LogP contribution in [0.1, 0.15) is 22.8 Å². The molecule has 20 heavy (non-hydrogen) atoms. The lowest BCUT2D eigenvalue weighted by molar-refractivity contribution is -0.118. The van der Waals surface area contributed by atoms with Gasteiger partial charge in [0.2, 0.25) is 5.91 Å². The van der Waals surface area contributed by atoms with E-state index in [0.717, 1.165) is 6.07 Å². The van der Waals surface area contributed by atoms with E-state index in [1.54, 1.807) is 13.8 Å². The first-order valence-electron chi connectivity index (χ1n) is 5.72. The number of aromatic carboxylic acids is 1. The Morgan fingerprint density at radius 1 is 1.35 bits per heavy atom. The summed E-state index contributed by atoms with van der Waals surface area (Å²) in [6.07, 6.45) is 0. The molecule has 0 aromatic heterocycles. The first kappa shape index (κ1) is 16.6. The molecule has 0 saturated heterocycles. The van der Waals surface area contributed by atoms with Crippen LogP contribution in [0.2, 0.25) is 0 Å². The summed E-state index contributed by atoms with van der Waals surface area (Å²) in [5.74, 6) is -2.57. The van der Waals surface area contributed by atoms with E-state index >= 15 is 0 Å². The van der Waals surface area contributed by atoms with Gasteiger partial charge in [0.25, 0.3) is 0 Å². The Hall–Kier alpha value is -1.41. The molecule has 0 atom stereocenters. The van der Waals surface area contributed by atoms with E-state index < -0.39 is 27.5 Å². The summed E-state index contributed by atoms with van der Waals surface area (Å²) in [5, 5.41) is 11.4. The topological polar surface area (TPSA) is 101 Å². The molecule has 0 unspecified atom stereocenters. The monoisotopic (exact) mass is 363 g/mol. The third-order valence-electron chi connectivity index (χ3n) is 2.57. The molecule has 1 amide bonds. The highest BCUT2D eigenvalue weighted by molar-refractivity contribution is 9.10. The molecular formula is C12H14BrNO5S. The molecule has 1 rings (SSSR count). The molecule has 8 heteroatoms. The first-order chi connectivity index (χ1) is 9.19. The number of amides is 1. The Kier molecular flexibility index (Phi) is 5.29. The molecule has 0 spiro atoms. The van der Waals surface area contributed by atoms with Crippen molar-refractivity contribution in [3.8, 4) is 0 Å². The van der Waals surface area contributed by atoms with E-state index in [0.29, 0.717) is 16.6 Å². The minimum Gasteiger partial charge on any atom is -0.478 e. The van der Waals surface area contributed by atoms with Crippen LogP contribution in [0.4, 0.5) is 0 Å². The van der Waals surface area contributed by atoms with Crippen molar-refractivity contribution >= 4 is 37.6 Å². The molecule has 0 radical (unpaired) electrons. The summed E-state index contributed by atoms with van der Waals surface area (Å²) in [6, 6.07) is 2.39. The highest BCUT2D eigenvalue weighted by atomic mass is 79.9. The van der Waals surface area contributed by atoms with Crippen LogP contribution >= 0.6 is 15.9 Å². The van der Waals surface area contributed by atoms with Crippen LogP contribution in [0.3, 0.4) is 0 Å². The summed E-state index contributed by atoms with van der Waals surface area (Å²) in [7, 11) is -3.90. The Morgan fingerprint density at radius 2 is 1.95 bits per heavy atom. The van der Waals surface area contributed by atoms with E-state index in [1.165, 1.54) is 6.07 Å².